The van der Waals surface area contributed by atoms with Gasteiger partial charge in [0.25, 0.3) is 0 Å². The van der Waals surface area contributed by atoms with Crippen LogP contribution in [0.3, 0.4) is 0 Å². The number of benzene rings is 1. The van der Waals surface area contributed by atoms with Gasteiger partial charge < -0.3 is 25.7 Å². The van der Waals surface area contributed by atoms with E-state index in [1.54, 1.807) is 6.20 Å². The smallest absolute Gasteiger partial charge is 0.325 e. The molecule has 2 amide bonds. The summed E-state index contributed by atoms with van der Waals surface area (Å²) in [7, 11) is 0. The lowest BCUT2D eigenvalue weighted by Crippen LogP contribution is -2.52. The van der Waals surface area contributed by atoms with Crippen LogP contribution in [0, 0.1) is 0 Å². The van der Waals surface area contributed by atoms with Gasteiger partial charge in [-0.05, 0) is 18.4 Å². The van der Waals surface area contributed by atoms with Crippen LogP contribution in [-0.4, -0.2) is 57.8 Å². The van der Waals surface area contributed by atoms with Crippen LogP contribution < -0.4 is 11.1 Å². The molecule has 1 aromatic carbocycles. The fraction of sp³-hybridized carbons (Fsp3) is 0.455. The number of rotatable bonds is 8. The maximum Gasteiger partial charge on any atom is 0.325 e. The van der Waals surface area contributed by atoms with Gasteiger partial charge in [-0.25, -0.2) is 4.98 Å². The summed E-state index contributed by atoms with van der Waals surface area (Å²) < 4.78 is 5.15. The van der Waals surface area contributed by atoms with Crippen LogP contribution in [-0.2, 0) is 32.1 Å². The van der Waals surface area contributed by atoms with Gasteiger partial charge in [0.2, 0.25) is 11.8 Å². The van der Waals surface area contributed by atoms with Gasteiger partial charge in [0, 0.05) is 24.9 Å². The molecule has 2 aromatic rings. The quantitative estimate of drug-likeness (QED) is 0.540. The number of imidazole rings is 1. The summed E-state index contributed by atoms with van der Waals surface area (Å²) in [5.74, 6) is -1.20. The molecular weight excluding hydrogens is 398 g/mol. The molecule has 1 aromatic heterocycles. The van der Waals surface area contributed by atoms with Gasteiger partial charge in [-0.1, -0.05) is 44.2 Å². The molecule has 0 aliphatic carbocycles. The van der Waals surface area contributed by atoms with Crippen molar-refractivity contribution >= 4 is 17.8 Å². The molecule has 2 heterocycles. The van der Waals surface area contributed by atoms with E-state index >= 15 is 0 Å². The van der Waals surface area contributed by atoms with Crippen LogP contribution in [0.4, 0.5) is 0 Å². The molecule has 31 heavy (non-hydrogen) atoms. The number of nitrogens with zero attached hydrogens (tertiary/aromatic N) is 2. The Balaban J connectivity index is 0.00000166. The zero-order chi connectivity index (χ0) is 22.6. The summed E-state index contributed by atoms with van der Waals surface area (Å²) in [6, 6.07) is 7.89. The topological polar surface area (TPSA) is 130 Å². The number of nitrogens with one attached hydrogen (secondary N) is 2. The van der Waals surface area contributed by atoms with Crippen LogP contribution in [0.25, 0.3) is 0 Å². The fourth-order valence-electron chi connectivity index (χ4n) is 3.30. The average molecular weight is 430 g/mol. The SMILES string of the molecule is CC.NC(Cc1cnc[nH]1)C(=O)N1CCCC1C(=O)NCC(=O)OCc1ccccc1. The van der Waals surface area contributed by atoms with Gasteiger partial charge in [-0.3, -0.25) is 14.4 Å². The number of ether oxygens (including phenoxy) is 1. The highest BCUT2D eigenvalue weighted by atomic mass is 16.5. The number of aromatic nitrogens is 2. The average Bonchev–Trinajstić information content (AvgIpc) is 3.50. The van der Waals surface area contributed by atoms with Crippen LogP contribution in [0.15, 0.2) is 42.9 Å². The second-order valence-corrected chi connectivity index (χ2v) is 6.94. The van der Waals surface area contributed by atoms with Crippen molar-refractivity contribution in [2.75, 3.05) is 13.1 Å². The van der Waals surface area contributed by atoms with Crippen LogP contribution in [0.5, 0.6) is 0 Å². The van der Waals surface area contributed by atoms with Gasteiger partial charge in [0.1, 0.15) is 19.2 Å². The van der Waals surface area contributed by atoms with Crippen molar-refractivity contribution in [3.05, 3.63) is 54.1 Å². The molecule has 168 valence electrons. The number of H-pyrrole nitrogens is 1. The minimum absolute atomic E-state index is 0.145. The molecule has 0 saturated carbocycles. The second kappa shape index (κ2) is 12.5. The number of aromatic amines is 1. The molecule has 0 radical (unpaired) electrons. The molecule has 9 nitrogen and oxygen atoms in total. The minimum atomic E-state index is -0.764. The molecular formula is C22H31N5O4. The Morgan fingerprint density at radius 1 is 1.29 bits per heavy atom. The lowest BCUT2D eigenvalue weighted by molar-refractivity contribution is -0.146. The largest absolute Gasteiger partial charge is 0.460 e. The van der Waals surface area contributed by atoms with Crippen LogP contribution in [0.1, 0.15) is 37.9 Å². The first-order valence-electron chi connectivity index (χ1n) is 10.5. The van der Waals surface area contributed by atoms with Crippen molar-refractivity contribution in [3.8, 4) is 0 Å². The Kier molecular flexibility index (Phi) is 9.70. The molecule has 1 fully saturated rings. The zero-order valence-electron chi connectivity index (χ0n) is 18.0. The lowest BCUT2D eigenvalue weighted by atomic mass is 10.1. The molecule has 0 bridgehead atoms. The monoisotopic (exact) mass is 429 g/mol. The van der Waals surface area contributed by atoms with E-state index in [0.717, 1.165) is 11.3 Å². The fourth-order valence-corrected chi connectivity index (χ4v) is 3.30. The maximum absolute atomic E-state index is 12.7. The normalized spacial score (nSPS) is 16.1. The molecule has 3 rings (SSSR count). The van der Waals surface area contributed by atoms with E-state index in [4.69, 9.17) is 10.5 Å². The van der Waals surface area contributed by atoms with E-state index in [9.17, 15) is 14.4 Å². The van der Waals surface area contributed by atoms with E-state index in [2.05, 4.69) is 15.3 Å². The number of hydrogen-bond donors (Lipinski definition) is 3. The molecule has 0 spiro atoms. The minimum Gasteiger partial charge on any atom is -0.460 e. The van der Waals surface area contributed by atoms with Gasteiger partial charge in [-0.2, -0.15) is 0 Å². The second-order valence-electron chi connectivity index (χ2n) is 6.94. The standard InChI is InChI=1S/C20H25N5O4.C2H6/c21-16(9-15-10-22-13-24-15)20(28)25-8-4-7-17(25)19(27)23-11-18(26)29-12-14-5-2-1-3-6-14;1-2/h1-3,5-6,10,13,16-17H,4,7-9,11-12,21H2,(H,22,24)(H,23,27);1-2H3. The first-order chi connectivity index (χ1) is 15.0. The Bertz CT molecular complexity index is 826. The number of esters is 1. The first kappa shape index (κ1) is 24.1. The van der Waals surface area contributed by atoms with Crippen molar-refractivity contribution in [1.82, 2.24) is 20.2 Å². The van der Waals surface area contributed by atoms with E-state index < -0.39 is 18.1 Å². The Hall–Kier alpha value is -3.20. The predicted molar refractivity (Wildman–Crippen MR) is 116 cm³/mol. The summed E-state index contributed by atoms with van der Waals surface area (Å²) in [6.07, 6.45) is 4.69. The third kappa shape index (κ3) is 7.21. The van der Waals surface area contributed by atoms with Crippen molar-refractivity contribution < 1.29 is 19.1 Å². The summed E-state index contributed by atoms with van der Waals surface area (Å²) in [4.78, 5) is 45.4. The lowest BCUT2D eigenvalue weighted by Gasteiger charge is -2.26. The number of carbonyl (C=O) groups is 3. The molecule has 2 unspecified atom stereocenters. The van der Waals surface area contributed by atoms with Crippen molar-refractivity contribution in [2.45, 2.75) is 51.8 Å². The molecule has 1 aliphatic heterocycles. The number of hydrogen-bond acceptors (Lipinski definition) is 6. The summed E-state index contributed by atoms with van der Waals surface area (Å²) in [5, 5.41) is 2.57. The number of carbonyl (C=O) groups excluding carboxylic acids is 3. The Morgan fingerprint density at radius 3 is 2.71 bits per heavy atom. The first-order valence-corrected chi connectivity index (χ1v) is 10.5. The molecule has 2 atom stereocenters. The summed E-state index contributed by atoms with van der Waals surface area (Å²) in [5.41, 5.74) is 7.65. The highest BCUT2D eigenvalue weighted by molar-refractivity contribution is 5.91. The van der Waals surface area contributed by atoms with Crippen molar-refractivity contribution in [2.24, 2.45) is 5.73 Å². The summed E-state index contributed by atoms with van der Waals surface area (Å²) >= 11 is 0. The maximum atomic E-state index is 12.7. The Morgan fingerprint density at radius 2 is 2.03 bits per heavy atom. The van der Waals surface area contributed by atoms with Crippen LogP contribution in [0.2, 0.25) is 0 Å². The van der Waals surface area contributed by atoms with E-state index in [-0.39, 0.29) is 25.0 Å². The van der Waals surface area contributed by atoms with E-state index in [0.29, 0.717) is 25.8 Å². The molecule has 1 aliphatic rings. The Labute approximate surface area is 182 Å². The number of amides is 2. The van der Waals surface area contributed by atoms with Gasteiger partial charge >= 0.3 is 5.97 Å². The van der Waals surface area contributed by atoms with E-state index in [1.165, 1.54) is 11.2 Å². The number of likely N-dealkylation sites (tertiary alicyclic amines) is 1. The van der Waals surface area contributed by atoms with Crippen molar-refractivity contribution in [1.29, 1.82) is 0 Å². The van der Waals surface area contributed by atoms with E-state index in [1.807, 2.05) is 44.2 Å². The molecule has 1 saturated heterocycles. The molecule has 4 N–H and O–H groups in total. The van der Waals surface area contributed by atoms with Gasteiger partial charge in [-0.15, -0.1) is 0 Å². The zero-order valence-corrected chi connectivity index (χ0v) is 18.0. The highest BCUT2D eigenvalue weighted by Crippen LogP contribution is 2.19. The summed E-state index contributed by atoms with van der Waals surface area (Å²) in [6.45, 7) is 4.36. The van der Waals surface area contributed by atoms with Gasteiger partial charge in [0.15, 0.2) is 0 Å². The highest BCUT2D eigenvalue weighted by Gasteiger charge is 2.36. The predicted octanol–water partition coefficient (Wildman–Crippen LogP) is 1.16. The van der Waals surface area contributed by atoms with Gasteiger partial charge in [0.05, 0.1) is 12.4 Å². The van der Waals surface area contributed by atoms with Crippen molar-refractivity contribution in [3.63, 3.8) is 0 Å². The third-order valence-corrected chi connectivity index (χ3v) is 4.80. The third-order valence-electron chi connectivity index (χ3n) is 4.80. The number of nitrogens with two attached hydrogens (primary N) is 1. The van der Waals surface area contributed by atoms with Crippen LogP contribution >= 0.6 is 0 Å². The molecule has 9 heteroatoms.